The molecule has 0 aromatic heterocycles. The van der Waals surface area contributed by atoms with Crippen molar-refractivity contribution in [2.24, 2.45) is 0 Å². The highest BCUT2D eigenvalue weighted by Crippen LogP contribution is 2.14. The fourth-order valence-electron chi connectivity index (χ4n) is 1.74. The van der Waals surface area contributed by atoms with Crippen LogP contribution in [0.25, 0.3) is 0 Å². The van der Waals surface area contributed by atoms with E-state index in [1.54, 1.807) is 0 Å². The predicted molar refractivity (Wildman–Crippen MR) is 63.9 cm³/mol. The molecule has 0 saturated carbocycles. The standard InChI is InChI=1S/C13H21NO/c1-10-5-4-6-13(9-10)12(3)14-11(2)7-8-15/h4-6,9,11-12,14-15H,7-8H2,1-3H3/t11-,12?/m1/s1. The third kappa shape index (κ3) is 4.02. The van der Waals surface area contributed by atoms with Gasteiger partial charge in [-0.3, -0.25) is 0 Å². The van der Waals surface area contributed by atoms with Crippen LogP contribution in [0.5, 0.6) is 0 Å². The molecule has 2 heteroatoms. The number of aliphatic hydroxyl groups excluding tert-OH is 1. The van der Waals surface area contributed by atoms with Gasteiger partial charge in [0.2, 0.25) is 0 Å². The average molecular weight is 207 g/mol. The van der Waals surface area contributed by atoms with Gasteiger partial charge in [-0.25, -0.2) is 0 Å². The number of aryl methyl sites for hydroxylation is 1. The predicted octanol–water partition coefficient (Wildman–Crippen LogP) is 2.42. The van der Waals surface area contributed by atoms with Gasteiger partial charge in [-0.2, -0.15) is 0 Å². The highest BCUT2D eigenvalue weighted by molar-refractivity contribution is 5.24. The Balaban J connectivity index is 2.56. The van der Waals surface area contributed by atoms with E-state index >= 15 is 0 Å². The van der Waals surface area contributed by atoms with Gasteiger partial charge in [-0.15, -0.1) is 0 Å². The van der Waals surface area contributed by atoms with Crippen LogP contribution in [-0.4, -0.2) is 17.8 Å². The van der Waals surface area contributed by atoms with Crippen LogP contribution in [0.15, 0.2) is 24.3 Å². The summed E-state index contributed by atoms with van der Waals surface area (Å²) in [6, 6.07) is 9.21. The quantitative estimate of drug-likeness (QED) is 0.777. The zero-order chi connectivity index (χ0) is 11.3. The summed E-state index contributed by atoms with van der Waals surface area (Å²) in [4.78, 5) is 0. The van der Waals surface area contributed by atoms with E-state index in [0.29, 0.717) is 12.1 Å². The van der Waals surface area contributed by atoms with Crippen molar-refractivity contribution in [1.82, 2.24) is 5.32 Å². The van der Waals surface area contributed by atoms with Crippen LogP contribution in [0.3, 0.4) is 0 Å². The van der Waals surface area contributed by atoms with Crippen LogP contribution in [0, 0.1) is 6.92 Å². The number of aliphatic hydroxyl groups is 1. The minimum Gasteiger partial charge on any atom is -0.396 e. The number of hydrogen-bond acceptors (Lipinski definition) is 2. The molecular weight excluding hydrogens is 186 g/mol. The summed E-state index contributed by atoms with van der Waals surface area (Å²) in [5.74, 6) is 0. The van der Waals surface area contributed by atoms with E-state index in [9.17, 15) is 0 Å². The molecule has 15 heavy (non-hydrogen) atoms. The van der Waals surface area contributed by atoms with Gasteiger partial charge in [-0.1, -0.05) is 29.8 Å². The smallest absolute Gasteiger partial charge is 0.0445 e. The van der Waals surface area contributed by atoms with Crippen molar-refractivity contribution in [2.75, 3.05) is 6.61 Å². The Labute approximate surface area is 92.3 Å². The molecule has 0 saturated heterocycles. The van der Waals surface area contributed by atoms with Crippen molar-refractivity contribution in [3.63, 3.8) is 0 Å². The molecule has 0 fully saturated rings. The highest BCUT2D eigenvalue weighted by Gasteiger charge is 2.08. The fraction of sp³-hybridized carbons (Fsp3) is 0.538. The molecule has 1 unspecified atom stereocenters. The van der Waals surface area contributed by atoms with E-state index in [2.05, 4.69) is 50.4 Å². The maximum absolute atomic E-state index is 8.82. The van der Waals surface area contributed by atoms with E-state index in [1.807, 2.05) is 0 Å². The van der Waals surface area contributed by atoms with E-state index in [-0.39, 0.29) is 6.61 Å². The minimum atomic E-state index is 0.245. The average Bonchev–Trinajstić information content (AvgIpc) is 2.18. The Kier molecular flexibility index (Phi) is 4.79. The second kappa shape index (κ2) is 5.89. The molecule has 1 aromatic carbocycles. The molecule has 2 nitrogen and oxygen atoms in total. The lowest BCUT2D eigenvalue weighted by Crippen LogP contribution is -2.29. The van der Waals surface area contributed by atoms with Gasteiger partial charge >= 0.3 is 0 Å². The van der Waals surface area contributed by atoms with Crippen LogP contribution >= 0.6 is 0 Å². The lowest BCUT2D eigenvalue weighted by Gasteiger charge is -2.20. The molecule has 84 valence electrons. The maximum atomic E-state index is 8.82. The summed E-state index contributed by atoms with van der Waals surface area (Å²) in [6.45, 7) is 6.60. The zero-order valence-electron chi connectivity index (χ0n) is 9.83. The maximum Gasteiger partial charge on any atom is 0.0445 e. The zero-order valence-corrected chi connectivity index (χ0v) is 9.83. The summed E-state index contributed by atoms with van der Waals surface area (Å²) in [5, 5.41) is 12.3. The van der Waals surface area contributed by atoms with Crippen LogP contribution in [0.4, 0.5) is 0 Å². The molecule has 0 aliphatic carbocycles. The molecule has 0 amide bonds. The first-order valence-corrected chi connectivity index (χ1v) is 5.57. The van der Waals surface area contributed by atoms with Crippen LogP contribution in [0.2, 0.25) is 0 Å². The summed E-state index contributed by atoms with van der Waals surface area (Å²) in [5.41, 5.74) is 2.59. The van der Waals surface area contributed by atoms with Crippen molar-refractivity contribution in [3.05, 3.63) is 35.4 Å². The normalized spacial score (nSPS) is 14.9. The number of nitrogens with one attached hydrogen (secondary N) is 1. The first kappa shape index (κ1) is 12.2. The summed E-state index contributed by atoms with van der Waals surface area (Å²) < 4.78 is 0. The summed E-state index contributed by atoms with van der Waals surface area (Å²) in [6.07, 6.45) is 0.802. The van der Waals surface area contributed by atoms with Gasteiger partial charge < -0.3 is 10.4 Å². The van der Waals surface area contributed by atoms with Gasteiger partial charge in [0.1, 0.15) is 0 Å². The third-order valence-electron chi connectivity index (χ3n) is 2.64. The van der Waals surface area contributed by atoms with E-state index in [0.717, 1.165) is 6.42 Å². The Morgan fingerprint density at radius 3 is 2.67 bits per heavy atom. The second-order valence-corrected chi connectivity index (χ2v) is 4.22. The molecule has 2 N–H and O–H groups in total. The minimum absolute atomic E-state index is 0.245. The summed E-state index contributed by atoms with van der Waals surface area (Å²) in [7, 11) is 0. The van der Waals surface area contributed by atoms with Gasteiger partial charge in [0.25, 0.3) is 0 Å². The molecular formula is C13H21NO. The largest absolute Gasteiger partial charge is 0.396 e. The number of hydrogen-bond donors (Lipinski definition) is 2. The van der Waals surface area contributed by atoms with E-state index < -0.39 is 0 Å². The Morgan fingerprint density at radius 2 is 2.07 bits per heavy atom. The molecule has 0 spiro atoms. The second-order valence-electron chi connectivity index (χ2n) is 4.22. The van der Waals surface area contributed by atoms with Crippen molar-refractivity contribution in [3.8, 4) is 0 Å². The molecule has 0 radical (unpaired) electrons. The summed E-state index contributed by atoms with van der Waals surface area (Å²) >= 11 is 0. The van der Waals surface area contributed by atoms with Crippen molar-refractivity contribution in [2.45, 2.75) is 39.3 Å². The van der Waals surface area contributed by atoms with Crippen molar-refractivity contribution < 1.29 is 5.11 Å². The Morgan fingerprint density at radius 1 is 1.33 bits per heavy atom. The van der Waals surface area contributed by atoms with Gasteiger partial charge in [0, 0.05) is 18.7 Å². The molecule has 0 aliphatic rings. The van der Waals surface area contributed by atoms with Crippen LogP contribution < -0.4 is 5.32 Å². The monoisotopic (exact) mass is 207 g/mol. The third-order valence-corrected chi connectivity index (χ3v) is 2.64. The van der Waals surface area contributed by atoms with Gasteiger partial charge in [0.05, 0.1) is 0 Å². The van der Waals surface area contributed by atoms with E-state index in [4.69, 9.17) is 5.11 Å². The first-order valence-electron chi connectivity index (χ1n) is 5.57. The molecule has 1 rings (SSSR count). The lowest BCUT2D eigenvalue weighted by molar-refractivity contribution is 0.264. The molecule has 2 atom stereocenters. The number of benzene rings is 1. The molecule has 0 bridgehead atoms. The Bertz CT molecular complexity index is 298. The van der Waals surface area contributed by atoms with Crippen molar-refractivity contribution in [1.29, 1.82) is 0 Å². The lowest BCUT2D eigenvalue weighted by atomic mass is 10.0. The number of rotatable bonds is 5. The Hall–Kier alpha value is -0.860. The van der Waals surface area contributed by atoms with Gasteiger partial charge in [-0.05, 0) is 32.8 Å². The van der Waals surface area contributed by atoms with Crippen molar-refractivity contribution >= 4 is 0 Å². The highest BCUT2D eigenvalue weighted by atomic mass is 16.3. The first-order chi connectivity index (χ1) is 7.13. The van der Waals surface area contributed by atoms with Crippen LogP contribution in [-0.2, 0) is 0 Å². The fourth-order valence-corrected chi connectivity index (χ4v) is 1.74. The molecule has 0 aliphatic heterocycles. The van der Waals surface area contributed by atoms with E-state index in [1.165, 1.54) is 11.1 Å². The van der Waals surface area contributed by atoms with Crippen LogP contribution in [0.1, 0.15) is 37.4 Å². The topological polar surface area (TPSA) is 32.3 Å². The molecule has 0 heterocycles. The van der Waals surface area contributed by atoms with Gasteiger partial charge in [0.15, 0.2) is 0 Å². The SMILES string of the molecule is Cc1cccc(C(C)N[C@H](C)CCO)c1. The molecule has 1 aromatic rings.